The molecule has 3 nitrogen and oxygen atoms in total. The number of nitrogens with two attached hydrogens (primary N) is 1. The lowest BCUT2D eigenvalue weighted by atomic mass is 10.1. The summed E-state index contributed by atoms with van der Waals surface area (Å²) in [5.41, 5.74) is 6.62. The fourth-order valence-electron chi connectivity index (χ4n) is 2.00. The van der Waals surface area contributed by atoms with Crippen molar-refractivity contribution in [1.82, 2.24) is 0 Å². The molecule has 0 aliphatic heterocycles. The zero-order chi connectivity index (χ0) is 15.4. The zero-order valence-corrected chi connectivity index (χ0v) is 12.1. The maximum Gasteiger partial charge on any atom is 0.165 e. The molecule has 0 aliphatic carbocycles. The number of hydrogen-bond donors (Lipinski definition) is 2. The van der Waals surface area contributed by atoms with Gasteiger partial charge in [0.15, 0.2) is 11.6 Å². The van der Waals surface area contributed by atoms with E-state index in [1.54, 1.807) is 12.1 Å². The van der Waals surface area contributed by atoms with Crippen molar-refractivity contribution in [3.8, 4) is 5.75 Å². The third kappa shape index (κ3) is 3.43. The van der Waals surface area contributed by atoms with E-state index in [0.29, 0.717) is 11.3 Å². The van der Waals surface area contributed by atoms with E-state index in [9.17, 15) is 8.78 Å². The highest BCUT2D eigenvalue weighted by Gasteiger charge is 2.16. The first-order chi connectivity index (χ1) is 10.1. The number of nitrogens with one attached hydrogen (secondary N) is 1. The molecule has 2 aromatic rings. The van der Waals surface area contributed by atoms with Crippen LogP contribution in [0.4, 0.5) is 14.5 Å². The van der Waals surface area contributed by atoms with Crippen molar-refractivity contribution in [2.45, 2.75) is 6.04 Å². The Morgan fingerprint density at radius 2 is 2.05 bits per heavy atom. The van der Waals surface area contributed by atoms with Crippen LogP contribution in [0.1, 0.15) is 11.6 Å². The Bertz CT molecular complexity index is 637. The molecule has 0 heterocycles. The molecule has 0 saturated heterocycles. The normalized spacial score (nSPS) is 12.0. The van der Waals surface area contributed by atoms with Gasteiger partial charge in [-0.1, -0.05) is 23.7 Å². The minimum Gasteiger partial charge on any atom is -0.494 e. The van der Waals surface area contributed by atoms with Gasteiger partial charge in [0.1, 0.15) is 5.82 Å². The smallest absolute Gasteiger partial charge is 0.165 e. The zero-order valence-electron chi connectivity index (χ0n) is 11.4. The fourth-order valence-corrected chi connectivity index (χ4v) is 2.19. The van der Waals surface area contributed by atoms with Gasteiger partial charge in [-0.25, -0.2) is 8.78 Å². The average molecular weight is 313 g/mol. The summed E-state index contributed by atoms with van der Waals surface area (Å²) >= 11 is 5.77. The summed E-state index contributed by atoms with van der Waals surface area (Å²) in [4.78, 5) is 0. The van der Waals surface area contributed by atoms with Crippen LogP contribution in [0.3, 0.4) is 0 Å². The number of ether oxygens (including phenoxy) is 1. The monoisotopic (exact) mass is 312 g/mol. The molecule has 0 aliphatic rings. The Morgan fingerprint density at radius 1 is 1.29 bits per heavy atom. The van der Waals surface area contributed by atoms with Gasteiger partial charge in [-0.2, -0.15) is 0 Å². The van der Waals surface area contributed by atoms with E-state index >= 15 is 0 Å². The first-order valence-corrected chi connectivity index (χ1v) is 6.68. The highest BCUT2D eigenvalue weighted by Crippen LogP contribution is 2.28. The van der Waals surface area contributed by atoms with E-state index in [0.717, 1.165) is 0 Å². The summed E-state index contributed by atoms with van der Waals surface area (Å²) in [5, 5.41) is 3.08. The Morgan fingerprint density at radius 3 is 2.71 bits per heavy atom. The largest absolute Gasteiger partial charge is 0.494 e. The van der Waals surface area contributed by atoms with Crippen molar-refractivity contribution >= 4 is 17.3 Å². The summed E-state index contributed by atoms with van der Waals surface area (Å²) in [7, 11) is 1.37. The Balaban J connectivity index is 2.29. The van der Waals surface area contributed by atoms with E-state index in [-0.39, 0.29) is 17.3 Å². The Labute approximate surface area is 126 Å². The maximum absolute atomic E-state index is 14.0. The van der Waals surface area contributed by atoms with Crippen LogP contribution >= 0.6 is 11.6 Å². The molecule has 1 unspecified atom stereocenters. The second kappa shape index (κ2) is 6.74. The molecular weight excluding hydrogens is 298 g/mol. The van der Waals surface area contributed by atoms with Crippen LogP contribution in [0.15, 0.2) is 36.4 Å². The van der Waals surface area contributed by atoms with Crippen LogP contribution in [-0.4, -0.2) is 13.7 Å². The van der Waals surface area contributed by atoms with Gasteiger partial charge >= 0.3 is 0 Å². The third-order valence-corrected chi connectivity index (χ3v) is 3.38. The predicted octanol–water partition coefficient (Wildman–Crippen LogP) is 3.74. The van der Waals surface area contributed by atoms with Crippen LogP contribution in [-0.2, 0) is 0 Å². The maximum atomic E-state index is 14.0. The van der Waals surface area contributed by atoms with Gasteiger partial charge in [0.25, 0.3) is 0 Å². The Hall–Kier alpha value is -1.85. The molecule has 21 heavy (non-hydrogen) atoms. The molecule has 0 amide bonds. The SMILES string of the molecule is COc1cc(NC(CN)c2cccc(Cl)c2F)ccc1F. The van der Waals surface area contributed by atoms with Crippen molar-refractivity contribution in [1.29, 1.82) is 0 Å². The van der Waals surface area contributed by atoms with Crippen LogP contribution in [0, 0.1) is 11.6 Å². The van der Waals surface area contributed by atoms with Gasteiger partial charge in [0, 0.05) is 23.9 Å². The molecule has 0 aromatic heterocycles. The van der Waals surface area contributed by atoms with Crippen molar-refractivity contribution in [3.05, 3.63) is 58.6 Å². The molecule has 0 bridgehead atoms. The van der Waals surface area contributed by atoms with Crippen molar-refractivity contribution in [3.63, 3.8) is 0 Å². The van der Waals surface area contributed by atoms with Crippen molar-refractivity contribution < 1.29 is 13.5 Å². The van der Waals surface area contributed by atoms with Crippen LogP contribution in [0.25, 0.3) is 0 Å². The quantitative estimate of drug-likeness (QED) is 0.884. The van der Waals surface area contributed by atoms with E-state index in [2.05, 4.69) is 5.32 Å². The lowest BCUT2D eigenvalue weighted by molar-refractivity contribution is 0.386. The minimum atomic E-state index is -0.517. The number of methoxy groups -OCH3 is 1. The molecule has 112 valence electrons. The van der Waals surface area contributed by atoms with Gasteiger partial charge in [0.2, 0.25) is 0 Å². The van der Waals surface area contributed by atoms with E-state index in [1.165, 1.54) is 31.4 Å². The van der Waals surface area contributed by atoms with Gasteiger partial charge in [0.05, 0.1) is 18.2 Å². The summed E-state index contributed by atoms with van der Waals surface area (Å²) in [6.45, 7) is 0.150. The summed E-state index contributed by atoms with van der Waals surface area (Å²) in [6, 6.07) is 8.52. The number of hydrogen-bond acceptors (Lipinski definition) is 3. The lowest BCUT2D eigenvalue weighted by Gasteiger charge is -2.20. The van der Waals surface area contributed by atoms with E-state index < -0.39 is 17.7 Å². The number of halogens is 3. The second-order valence-electron chi connectivity index (χ2n) is 4.42. The standard InChI is InChI=1S/C15H15ClF2N2O/c1-21-14-7-9(5-6-12(14)17)20-13(8-19)10-3-2-4-11(16)15(10)18/h2-7,13,20H,8,19H2,1H3. The molecule has 3 N–H and O–H groups in total. The number of anilines is 1. The molecule has 0 radical (unpaired) electrons. The topological polar surface area (TPSA) is 47.3 Å². The predicted molar refractivity (Wildman–Crippen MR) is 79.8 cm³/mol. The molecule has 0 saturated carbocycles. The van der Waals surface area contributed by atoms with Gasteiger partial charge < -0.3 is 15.8 Å². The van der Waals surface area contributed by atoms with Crippen LogP contribution in [0.2, 0.25) is 5.02 Å². The van der Waals surface area contributed by atoms with E-state index in [4.69, 9.17) is 22.1 Å². The second-order valence-corrected chi connectivity index (χ2v) is 4.83. The first kappa shape index (κ1) is 15.5. The highest BCUT2D eigenvalue weighted by molar-refractivity contribution is 6.30. The number of rotatable bonds is 5. The summed E-state index contributed by atoms with van der Waals surface area (Å²) in [5.74, 6) is -0.889. The summed E-state index contributed by atoms with van der Waals surface area (Å²) < 4.78 is 32.3. The minimum absolute atomic E-state index is 0.0319. The highest BCUT2D eigenvalue weighted by atomic mass is 35.5. The lowest BCUT2D eigenvalue weighted by Crippen LogP contribution is -2.21. The number of benzene rings is 2. The molecule has 2 rings (SSSR count). The first-order valence-electron chi connectivity index (χ1n) is 6.31. The van der Waals surface area contributed by atoms with Crippen LogP contribution < -0.4 is 15.8 Å². The van der Waals surface area contributed by atoms with Gasteiger partial charge in [-0.15, -0.1) is 0 Å². The van der Waals surface area contributed by atoms with Crippen molar-refractivity contribution in [2.24, 2.45) is 5.73 Å². The molecule has 2 aromatic carbocycles. The van der Waals surface area contributed by atoms with Crippen molar-refractivity contribution in [2.75, 3.05) is 19.0 Å². The van der Waals surface area contributed by atoms with Gasteiger partial charge in [-0.05, 0) is 18.2 Å². The molecule has 6 heteroatoms. The average Bonchev–Trinajstić information content (AvgIpc) is 2.49. The Kier molecular flexibility index (Phi) is 4.98. The van der Waals surface area contributed by atoms with E-state index in [1.807, 2.05) is 0 Å². The molecular formula is C15H15ClF2N2O. The fraction of sp³-hybridized carbons (Fsp3) is 0.200. The molecule has 0 spiro atoms. The molecule has 1 atom stereocenters. The van der Waals surface area contributed by atoms with Crippen LogP contribution in [0.5, 0.6) is 5.75 Å². The van der Waals surface area contributed by atoms with Gasteiger partial charge in [-0.3, -0.25) is 0 Å². The third-order valence-electron chi connectivity index (χ3n) is 3.08. The molecule has 0 fully saturated rings. The summed E-state index contributed by atoms with van der Waals surface area (Å²) in [6.07, 6.45) is 0.